The number of fused-ring (bicyclic) bond motifs is 1. The molecule has 0 radical (unpaired) electrons. The second kappa shape index (κ2) is 7.92. The molecular formula is C20H26N6O. The molecular weight excluding hydrogens is 340 g/mol. The van der Waals surface area contributed by atoms with Gasteiger partial charge < -0.3 is 9.88 Å². The number of nitrogens with one attached hydrogen (secondary N) is 1. The predicted octanol–water partition coefficient (Wildman–Crippen LogP) is 2.39. The summed E-state index contributed by atoms with van der Waals surface area (Å²) in [5.41, 5.74) is 2.52. The van der Waals surface area contributed by atoms with Gasteiger partial charge in [0.25, 0.3) is 5.91 Å². The summed E-state index contributed by atoms with van der Waals surface area (Å²) in [7, 11) is 0. The molecule has 0 spiro atoms. The Kier molecular flexibility index (Phi) is 5.20. The van der Waals surface area contributed by atoms with Crippen LogP contribution in [0.1, 0.15) is 30.1 Å². The minimum atomic E-state index is 0.109. The maximum atomic E-state index is 12.9. The molecule has 2 aromatic heterocycles. The van der Waals surface area contributed by atoms with Crippen LogP contribution in [0, 0.1) is 0 Å². The number of H-pyrrole nitrogens is 1. The van der Waals surface area contributed by atoms with Gasteiger partial charge in [0, 0.05) is 56.7 Å². The fourth-order valence-electron chi connectivity index (χ4n) is 3.77. The Hall–Kier alpha value is -2.67. The van der Waals surface area contributed by atoms with Crippen molar-refractivity contribution in [2.45, 2.75) is 32.4 Å². The van der Waals surface area contributed by atoms with Crippen molar-refractivity contribution in [1.29, 1.82) is 0 Å². The van der Waals surface area contributed by atoms with E-state index >= 15 is 0 Å². The van der Waals surface area contributed by atoms with Gasteiger partial charge in [0.2, 0.25) is 0 Å². The standard InChI is InChI=1S/C20H26N6O/c1-16(6-11-26-10-2-7-23-26)24-8-3-9-25(13-12-24)20(27)17-4-5-18-19(14-17)22-15-21-18/h2,4-5,7,10,14-16H,3,6,8-9,11-13H2,1H3,(H,21,22). The smallest absolute Gasteiger partial charge is 0.253 e. The summed E-state index contributed by atoms with van der Waals surface area (Å²) in [5.74, 6) is 0.109. The van der Waals surface area contributed by atoms with Gasteiger partial charge in [-0.2, -0.15) is 5.10 Å². The Morgan fingerprint density at radius 2 is 2.19 bits per heavy atom. The van der Waals surface area contributed by atoms with Crippen LogP contribution in [0.25, 0.3) is 11.0 Å². The SMILES string of the molecule is CC(CCn1cccn1)N1CCCN(C(=O)c2ccc3nc[nH]c3c2)CC1. The van der Waals surface area contributed by atoms with Crippen molar-refractivity contribution in [3.63, 3.8) is 0 Å². The molecule has 142 valence electrons. The first-order valence-electron chi connectivity index (χ1n) is 9.64. The van der Waals surface area contributed by atoms with Gasteiger partial charge in [-0.05, 0) is 44.0 Å². The van der Waals surface area contributed by atoms with Crippen molar-refractivity contribution >= 4 is 16.9 Å². The zero-order valence-electron chi connectivity index (χ0n) is 15.7. The van der Waals surface area contributed by atoms with Gasteiger partial charge in [0.05, 0.1) is 17.4 Å². The maximum Gasteiger partial charge on any atom is 0.253 e. The van der Waals surface area contributed by atoms with Gasteiger partial charge in [0.15, 0.2) is 0 Å². The molecule has 1 fully saturated rings. The number of aromatic amines is 1. The predicted molar refractivity (Wildman–Crippen MR) is 104 cm³/mol. The molecule has 3 heterocycles. The van der Waals surface area contributed by atoms with E-state index in [2.05, 4.69) is 26.9 Å². The second-order valence-corrected chi connectivity index (χ2v) is 7.22. The van der Waals surface area contributed by atoms with Crippen LogP contribution in [0.2, 0.25) is 0 Å². The first-order chi connectivity index (χ1) is 13.2. The van der Waals surface area contributed by atoms with Crippen LogP contribution in [-0.2, 0) is 6.54 Å². The number of imidazole rings is 1. The Bertz CT molecular complexity index is 887. The lowest BCUT2D eigenvalue weighted by atomic mass is 10.1. The van der Waals surface area contributed by atoms with Crippen LogP contribution >= 0.6 is 0 Å². The average molecular weight is 366 g/mol. The van der Waals surface area contributed by atoms with Crippen molar-refractivity contribution in [2.24, 2.45) is 0 Å². The molecule has 1 aliphatic rings. The molecule has 1 N–H and O–H groups in total. The normalized spacial score (nSPS) is 17.1. The Labute approximate surface area is 159 Å². The van der Waals surface area contributed by atoms with Crippen molar-refractivity contribution in [1.82, 2.24) is 29.5 Å². The quantitative estimate of drug-likeness (QED) is 0.753. The molecule has 0 aliphatic carbocycles. The lowest BCUT2D eigenvalue weighted by Gasteiger charge is -2.28. The van der Waals surface area contributed by atoms with Gasteiger partial charge in [-0.25, -0.2) is 4.98 Å². The topological polar surface area (TPSA) is 70.1 Å². The monoisotopic (exact) mass is 366 g/mol. The number of aromatic nitrogens is 4. The molecule has 3 aromatic rings. The summed E-state index contributed by atoms with van der Waals surface area (Å²) < 4.78 is 1.98. The number of hydrogen-bond donors (Lipinski definition) is 1. The summed E-state index contributed by atoms with van der Waals surface area (Å²) in [6, 6.07) is 8.12. The maximum absolute atomic E-state index is 12.9. The summed E-state index contributed by atoms with van der Waals surface area (Å²) in [5, 5.41) is 4.28. The highest BCUT2D eigenvalue weighted by molar-refractivity contribution is 5.97. The summed E-state index contributed by atoms with van der Waals surface area (Å²) in [4.78, 5) is 24.7. The van der Waals surface area contributed by atoms with E-state index in [4.69, 9.17) is 0 Å². The van der Waals surface area contributed by atoms with E-state index in [0.29, 0.717) is 6.04 Å². The highest BCUT2D eigenvalue weighted by Gasteiger charge is 2.23. The number of amides is 1. The fourth-order valence-corrected chi connectivity index (χ4v) is 3.77. The average Bonchev–Trinajstić information content (AvgIpc) is 3.31. The van der Waals surface area contributed by atoms with E-state index in [9.17, 15) is 4.79 Å². The lowest BCUT2D eigenvalue weighted by molar-refractivity contribution is 0.0758. The molecule has 0 bridgehead atoms. The molecule has 27 heavy (non-hydrogen) atoms. The molecule has 1 saturated heterocycles. The number of carbonyl (C=O) groups excluding carboxylic acids is 1. The van der Waals surface area contributed by atoms with Gasteiger partial charge in [-0.15, -0.1) is 0 Å². The van der Waals surface area contributed by atoms with Crippen molar-refractivity contribution in [2.75, 3.05) is 26.2 Å². The van der Waals surface area contributed by atoms with Gasteiger partial charge in [-0.3, -0.25) is 14.4 Å². The zero-order chi connectivity index (χ0) is 18.6. The van der Waals surface area contributed by atoms with E-state index < -0.39 is 0 Å². The molecule has 0 saturated carbocycles. The number of hydrogen-bond acceptors (Lipinski definition) is 4. The molecule has 7 nitrogen and oxygen atoms in total. The van der Waals surface area contributed by atoms with Crippen LogP contribution in [0.3, 0.4) is 0 Å². The van der Waals surface area contributed by atoms with Gasteiger partial charge in [0.1, 0.15) is 0 Å². The van der Waals surface area contributed by atoms with Crippen molar-refractivity contribution in [3.8, 4) is 0 Å². The summed E-state index contributed by atoms with van der Waals surface area (Å²) in [6.07, 6.45) is 7.55. The molecule has 1 atom stereocenters. The Morgan fingerprint density at radius 3 is 3.04 bits per heavy atom. The molecule has 1 amide bonds. The first kappa shape index (κ1) is 17.7. The fraction of sp³-hybridized carbons (Fsp3) is 0.450. The van der Waals surface area contributed by atoms with Gasteiger partial charge in [-0.1, -0.05) is 0 Å². The van der Waals surface area contributed by atoms with E-state index in [1.54, 1.807) is 6.33 Å². The summed E-state index contributed by atoms with van der Waals surface area (Å²) in [6.45, 7) is 6.72. The van der Waals surface area contributed by atoms with Crippen LogP contribution < -0.4 is 0 Å². The van der Waals surface area contributed by atoms with Gasteiger partial charge >= 0.3 is 0 Å². The molecule has 1 aromatic carbocycles. The lowest BCUT2D eigenvalue weighted by Crippen LogP contribution is -2.38. The number of nitrogens with zero attached hydrogens (tertiary/aromatic N) is 5. The zero-order valence-corrected chi connectivity index (χ0v) is 15.7. The number of rotatable bonds is 5. The number of carbonyl (C=O) groups is 1. The molecule has 1 aliphatic heterocycles. The first-order valence-corrected chi connectivity index (χ1v) is 9.64. The van der Waals surface area contributed by atoms with E-state index in [1.165, 1.54) is 0 Å². The van der Waals surface area contributed by atoms with Crippen LogP contribution in [0.4, 0.5) is 0 Å². The Balaban J connectivity index is 1.35. The highest BCUT2D eigenvalue weighted by Crippen LogP contribution is 2.16. The van der Waals surface area contributed by atoms with Crippen LogP contribution in [0.5, 0.6) is 0 Å². The highest BCUT2D eigenvalue weighted by atomic mass is 16.2. The van der Waals surface area contributed by atoms with Crippen LogP contribution in [-0.4, -0.2) is 67.7 Å². The van der Waals surface area contributed by atoms with E-state index in [-0.39, 0.29) is 5.91 Å². The number of benzene rings is 1. The van der Waals surface area contributed by atoms with Crippen LogP contribution in [0.15, 0.2) is 43.0 Å². The Morgan fingerprint density at radius 1 is 1.26 bits per heavy atom. The minimum absolute atomic E-state index is 0.109. The number of aryl methyl sites for hydroxylation is 1. The molecule has 1 unspecified atom stereocenters. The van der Waals surface area contributed by atoms with E-state index in [1.807, 2.05) is 46.2 Å². The van der Waals surface area contributed by atoms with Crippen molar-refractivity contribution < 1.29 is 4.79 Å². The third kappa shape index (κ3) is 4.03. The molecule has 4 rings (SSSR count). The summed E-state index contributed by atoms with van der Waals surface area (Å²) >= 11 is 0. The largest absolute Gasteiger partial charge is 0.345 e. The third-order valence-electron chi connectivity index (χ3n) is 5.44. The third-order valence-corrected chi connectivity index (χ3v) is 5.44. The van der Waals surface area contributed by atoms with Crippen molar-refractivity contribution in [3.05, 3.63) is 48.5 Å². The van der Waals surface area contributed by atoms with E-state index in [0.717, 1.165) is 62.2 Å². The minimum Gasteiger partial charge on any atom is -0.345 e. The second-order valence-electron chi connectivity index (χ2n) is 7.22. The molecule has 7 heteroatoms.